The van der Waals surface area contributed by atoms with E-state index in [0.29, 0.717) is 18.3 Å². The molecule has 0 saturated carbocycles. The summed E-state index contributed by atoms with van der Waals surface area (Å²) in [4.78, 5) is 0. The van der Waals surface area contributed by atoms with Crippen LogP contribution in [0.2, 0.25) is 0 Å². The SMILES string of the molecule is CCc1nnc(Cn2ccc3c(Br)cccc32)o1. The van der Waals surface area contributed by atoms with E-state index in [2.05, 4.69) is 42.8 Å². The summed E-state index contributed by atoms with van der Waals surface area (Å²) in [6, 6.07) is 8.22. The first-order valence-electron chi connectivity index (χ1n) is 5.82. The number of fused-ring (bicyclic) bond motifs is 1. The summed E-state index contributed by atoms with van der Waals surface area (Å²) in [6.45, 7) is 2.60. The lowest BCUT2D eigenvalue weighted by atomic mass is 10.2. The Balaban J connectivity index is 1.97. The van der Waals surface area contributed by atoms with Gasteiger partial charge in [0.2, 0.25) is 11.8 Å². The fourth-order valence-electron chi connectivity index (χ4n) is 1.96. The minimum absolute atomic E-state index is 0.604. The zero-order chi connectivity index (χ0) is 12.5. The van der Waals surface area contributed by atoms with Gasteiger partial charge in [-0.3, -0.25) is 0 Å². The van der Waals surface area contributed by atoms with Crippen LogP contribution in [0, 0.1) is 0 Å². The van der Waals surface area contributed by atoms with Crippen molar-refractivity contribution >= 4 is 26.8 Å². The third kappa shape index (κ3) is 1.95. The van der Waals surface area contributed by atoms with Crippen molar-refractivity contribution in [1.29, 1.82) is 0 Å². The largest absolute Gasteiger partial charge is 0.423 e. The van der Waals surface area contributed by atoms with Gasteiger partial charge in [-0.1, -0.05) is 28.9 Å². The van der Waals surface area contributed by atoms with Gasteiger partial charge in [0.15, 0.2) is 0 Å². The van der Waals surface area contributed by atoms with E-state index in [0.717, 1.165) is 16.4 Å². The normalized spacial score (nSPS) is 11.2. The lowest BCUT2D eigenvalue weighted by molar-refractivity contribution is 0.444. The third-order valence-corrected chi connectivity index (χ3v) is 3.57. The molecule has 4 nitrogen and oxygen atoms in total. The highest BCUT2D eigenvalue weighted by molar-refractivity contribution is 9.10. The van der Waals surface area contributed by atoms with Gasteiger partial charge >= 0.3 is 0 Å². The maximum absolute atomic E-state index is 5.53. The summed E-state index contributed by atoms with van der Waals surface area (Å²) < 4.78 is 8.73. The molecule has 0 aliphatic carbocycles. The van der Waals surface area contributed by atoms with E-state index >= 15 is 0 Å². The number of benzene rings is 1. The molecule has 0 bridgehead atoms. The van der Waals surface area contributed by atoms with Crippen LogP contribution in [0.1, 0.15) is 18.7 Å². The first kappa shape index (κ1) is 11.5. The molecule has 0 aliphatic heterocycles. The number of nitrogens with zero attached hydrogens (tertiary/aromatic N) is 3. The second-order valence-corrected chi connectivity index (χ2v) is 4.91. The van der Waals surface area contributed by atoms with Crippen LogP contribution in [0.3, 0.4) is 0 Å². The molecule has 0 atom stereocenters. The maximum atomic E-state index is 5.53. The molecule has 0 unspecified atom stereocenters. The maximum Gasteiger partial charge on any atom is 0.236 e. The number of aryl methyl sites for hydroxylation is 1. The Morgan fingerprint density at radius 1 is 1.22 bits per heavy atom. The molecule has 2 aromatic heterocycles. The van der Waals surface area contributed by atoms with Crippen LogP contribution in [-0.2, 0) is 13.0 Å². The Hall–Kier alpha value is -1.62. The molecule has 3 aromatic rings. The van der Waals surface area contributed by atoms with E-state index < -0.39 is 0 Å². The van der Waals surface area contributed by atoms with Crippen LogP contribution < -0.4 is 0 Å². The summed E-state index contributed by atoms with van der Waals surface area (Å²) in [6.07, 6.45) is 2.80. The van der Waals surface area contributed by atoms with Gasteiger partial charge in [0.1, 0.15) is 6.54 Å². The van der Waals surface area contributed by atoms with Gasteiger partial charge in [0.05, 0.1) is 0 Å². The van der Waals surface area contributed by atoms with Gasteiger partial charge in [-0.2, -0.15) is 0 Å². The summed E-state index contributed by atoms with van der Waals surface area (Å²) in [7, 11) is 0. The minimum atomic E-state index is 0.604. The van der Waals surface area contributed by atoms with Crippen molar-refractivity contribution in [2.45, 2.75) is 19.9 Å². The first-order chi connectivity index (χ1) is 8.78. The summed E-state index contributed by atoms with van der Waals surface area (Å²) in [5, 5.41) is 9.20. The van der Waals surface area contributed by atoms with Crippen molar-refractivity contribution in [3.05, 3.63) is 46.7 Å². The van der Waals surface area contributed by atoms with Crippen LogP contribution in [0.5, 0.6) is 0 Å². The molecule has 0 aliphatic rings. The molecule has 18 heavy (non-hydrogen) atoms. The van der Waals surface area contributed by atoms with Crippen molar-refractivity contribution in [1.82, 2.24) is 14.8 Å². The Labute approximate surface area is 113 Å². The van der Waals surface area contributed by atoms with Crippen molar-refractivity contribution in [2.24, 2.45) is 0 Å². The molecule has 0 spiro atoms. The molecule has 0 radical (unpaired) electrons. The summed E-state index contributed by atoms with van der Waals surface area (Å²) in [5.41, 5.74) is 1.15. The van der Waals surface area contributed by atoms with Crippen molar-refractivity contribution in [3.8, 4) is 0 Å². The average Bonchev–Trinajstić information content (AvgIpc) is 2.98. The predicted octanol–water partition coefficient (Wildman–Crippen LogP) is 3.40. The van der Waals surface area contributed by atoms with Gasteiger partial charge in [0.25, 0.3) is 0 Å². The number of hydrogen-bond donors (Lipinski definition) is 0. The Morgan fingerprint density at radius 2 is 2.06 bits per heavy atom. The molecular formula is C13H12BrN3O. The predicted molar refractivity (Wildman–Crippen MR) is 72.4 cm³/mol. The van der Waals surface area contributed by atoms with Crippen LogP contribution in [0.4, 0.5) is 0 Å². The fraction of sp³-hybridized carbons (Fsp3) is 0.231. The standard InChI is InChI=1S/C13H12BrN3O/c1-2-12-15-16-13(18-12)8-17-7-6-9-10(14)4-3-5-11(9)17/h3-7H,2,8H2,1H3. The summed E-state index contributed by atoms with van der Waals surface area (Å²) in [5.74, 6) is 1.33. The van der Waals surface area contributed by atoms with Crippen molar-refractivity contribution in [2.75, 3.05) is 0 Å². The lowest BCUT2D eigenvalue weighted by Crippen LogP contribution is -1.97. The van der Waals surface area contributed by atoms with Crippen molar-refractivity contribution < 1.29 is 4.42 Å². The minimum Gasteiger partial charge on any atom is -0.423 e. The number of halogens is 1. The highest BCUT2D eigenvalue weighted by atomic mass is 79.9. The van der Waals surface area contributed by atoms with Gasteiger partial charge in [-0.05, 0) is 18.2 Å². The molecule has 0 saturated heterocycles. The highest BCUT2D eigenvalue weighted by Gasteiger charge is 2.08. The molecule has 2 heterocycles. The second kappa shape index (κ2) is 4.57. The van der Waals surface area contributed by atoms with E-state index in [1.54, 1.807) is 0 Å². The van der Waals surface area contributed by atoms with Gasteiger partial charge in [-0.15, -0.1) is 10.2 Å². The molecule has 92 valence electrons. The molecule has 0 N–H and O–H groups in total. The van der Waals surface area contributed by atoms with Crippen LogP contribution in [0.15, 0.2) is 39.4 Å². The third-order valence-electron chi connectivity index (χ3n) is 2.88. The lowest BCUT2D eigenvalue weighted by Gasteiger charge is -2.01. The molecule has 0 amide bonds. The van der Waals surface area contributed by atoms with E-state index in [4.69, 9.17) is 4.42 Å². The molecule has 3 rings (SSSR count). The van der Waals surface area contributed by atoms with Gasteiger partial charge in [-0.25, -0.2) is 0 Å². The zero-order valence-corrected chi connectivity index (χ0v) is 11.5. The fourth-order valence-corrected chi connectivity index (χ4v) is 2.45. The monoisotopic (exact) mass is 305 g/mol. The quantitative estimate of drug-likeness (QED) is 0.745. The zero-order valence-electron chi connectivity index (χ0n) is 9.93. The summed E-state index contributed by atoms with van der Waals surface area (Å²) >= 11 is 3.55. The Kier molecular flexibility index (Phi) is 2.91. The Bertz CT molecular complexity index is 686. The molecule has 1 aromatic carbocycles. The topological polar surface area (TPSA) is 43.9 Å². The van der Waals surface area contributed by atoms with E-state index in [1.165, 1.54) is 5.39 Å². The average molecular weight is 306 g/mol. The Morgan fingerprint density at radius 3 is 2.83 bits per heavy atom. The molecule has 5 heteroatoms. The molecule has 0 fully saturated rings. The smallest absolute Gasteiger partial charge is 0.236 e. The van der Waals surface area contributed by atoms with Gasteiger partial charge < -0.3 is 8.98 Å². The van der Waals surface area contributed by atoms with E-state index in [-0.39, 0.29) is 0 Å². The van der Waals surface area contributed by atoms with Crippen molar-refractivity contribution in [3.63, 3.8) is 0 Å². The number of aromatic nitrogens is 3. The molecular weight excluding hydrogens is 294 g/mol. The van der Waals surface area contributed by atoms with Gasteiger partial charge in [0, 0.05) is 28.0 Å². The van der Waals surface area contributed by atoms with E-state index in [9.17, 15) is 0 Å². The van der Waals surface area contributed by atoms with Crippen LogP contribution in [0.25, 0.3) is 10.9 Å². The number of hydrogen-bond acceptors (Lipinski definition) is 3. The highest BCUT2D eigenvalue weighted by Crippen LogP contribution is 2.25. The van der Waals surface area contributed by atoms with E-state index in [1.807, 2.05) is 25.3 Å². The van der Waals surface area contributed by atoms with Crippen LogP contribution >= 0.6 is 15.9 Å². The van der Waals surface area contributed by atoms with Crippen LogP contribution in [-0.4, -0.2) is 14.8 Å². The second-order valence-electron chi connectivity index (χ2n) is 4.06. The first-order valence-corrected chi connectivity index (χ1v) is 6.62. The number of rotatable bonds is 3.